The maximum Gasteiger partial charge on any atom is 0.319 e. The van der Waals surface area contributed by atoms with Crippen LogP contribution in [0.1, 0.15) is 17.8 Å². The van der Waals surface area contributed by atoms with Crippen molar-refractivity contribution in [2.75, 3.05) is 11.9 Å². The Bertz CT molecular complexity index is 626. The molecule has 0 fully saturated rings. The molecule has 0 saturated carbocycles. The number of aryl methyl sites for hydroxylation is 3. The molecule has 0 saturated heterocycles. The van der Waals surface area contributed by atoms with E-state index < -0.39 is 0 Å². The molecule has 0 aliphatic heterocycles. The van der Waals surface area contributed by atoms with Crippen LogP contribution in [0.3, 0.4) is 0 Å². The molecule has 2 aromatic heterocycles. The molecule has 0 aliphatic rings. The topological polar surface area (TPSA) is 71.8 Å². The molecule has 0 aliphatic carbocycles. The molecule has 2 aromatic rings. The quantitative estimate of drug-likeness (QED) is 0.659. The molecule has 0 unspecified atom stereocenters. The van der Waals surface area contributed by atoms with Gasteiger partial charge in [0.05, 0.1) is 11.4 Å². The second kappa shape index (κ2) is 7.08. The lowest BCUT2D eigenvalue weighted by Gasteiger charge is -2.09. The van der Waals surface area contributed by atoms with Gasteiger partial charge in [0, 0.05) is 25.0 Å². The fraction of sp³-hybridized carbons (Fsp3) is 0.357. The van der Waals surface area contributed by atoms with Crippen LogP contribution in [0.4, 0.5) is 10.5 Å². The largest absolute Gasteiger partial charge is 0.338 e. The number of nitrogens with one attached hydrogen (secondary N) is 2. The highest BCUT2D eigenvalue weighted by Crippen LogP contribution is 2.16. The maximum absolute atomic E-state index is 11.7. The molecule has 0 atom stereocenters. The molecule has 7 heteroatoms. The lowest BCUT2D eigenvalue weighted by molar-refractivity contribution is 0.251. The van der Waals surface area contributed by atoms with Crippen LogP contribution in [0.5, 0.6) is 0 Å². The highest BCUT2D eigenvalue weighted by molar-refractivity contribution is 6.32. The summed E-state index contributed by atoms with van der Waals surface area (Å²) in [7, 11) is 0. The van der Waals surface area contributed by atoms with Crippen LogP contribution in [0.2, 0.25) is 5.15 Å². The molecule has 0 bridgehead atoms. The maximum atomic E-state index is 11.7. The third-order valence-electron chi connectivity index (χ3n) is 2.94. The first-order valence-electron chi connectivity index (χ1n) is 6.72. The van der Waals surface area contributed by atoms with Crippen LogP contribution in [-0.2, 0) is 6.54 Å². The van der Waals surface area contributed by atoms with Crippen LogP contribution >= 0.6 is 11.6 Å². The summed E-state index contributed by atoms with van der Waals surface area (Å²) in [6, 6.07) is 5.15. The summed E-state index contributed by atoms with van der Waals surface area (Å²) in [4.78, 5) is 15.6. The molecule has 112 valence electrons. The Morgan fingerprint density at radius 2 is 2.24 bits per heavy atom. The smallest absolute Gasteiger partial charge is 0.319 e. The predicted octanol–water partition coefficient (Wildman–Crippen LogP) is 2.76. The standard InChI is InChI=1S/C14H18ClN5O/c1-10-9-11(2)20(19-10)8-4-7-17-14(21)18-12-5-3-6-16-13(12)15/h3,5-6,9H,4,7-8H2,1-2H3,(H2,17,18,21). The zero-order valence-electron chi connectivity index (χ0n) is 12.1. The Balaban J connectivity index is 1.72. The third-order valence-corrected chi connectivity index (χ3v) is 3.24. The van der Waals surface area contributed by atoms with Crippen molar-refractivity contribution in [2.45, 2.75) is 26.8 Å². The zero-order valence-corrected chi connectivity index (χ0v) is 12.8. The molecular weight excluding hydrogens is 290 g/mol. The van der Waals surface area contributed by atoms with E-state index in [1.54, 1.807) is 18.3 Å². The lowest BCUT2D eigenvalue weighted by Crippen LogP contribution is -2.30. The summed E-state index contributed by atoms with van der Waals surface area (Å²) in [5.74, 6) is 0. The first-order valence-corrected chi connectivity index (χ1v) is 7.10. The number of rotatable bonds is 5. The Morgan fingerprint density at radius 1 is 1.43 bits per heavy atom. The fourth-order valence-electron chi connectivity index (χ4n) is 1.98. The number of hydrogen-bond acceptors (Lipinski definition) is 3. The highest BCUT2D eigenvalue weighted by Gasteiger charge is 2.05. The summed E-state index contributed by atoms with van der Waals surface area (Å²) in [6.07, 6.45) is 2.37. The van der Waals surface area contributed by atoms with Crippen molar-refractivity contribution in [3.8, 4) is 0 Å². The van der Waals surface area contributed by atoms with Gasteiger partial charge in [-0.25, -0.2) is 9.78 Å². The van der Waals surface area contributed by atoms with Crippen LogP contribution in [0, 0.1) is 13.8 Å². The number of hydrogen-bond donors (Lipinski definition) is 2. The summed E-state index contributed by atoms with van der Waals surface area (Å²) < 4.78 is 1.94. The molecule has 2 amide bonds. The predicted molar refractivity (Wildman–Crippen MR) is 82.6 cm³/mol. The van der Waals surface area contributed by atoms with Crippen molar-refractivity contribution in [3.05, 3.63) is 40.9 Å². The first kappa shape index (κ1) is 15.3. The van der Waals surface area contributed by atoms with Crippen LogP contribution in [0.25, 0.3) is 0 Å². The Kier molecular flexibility index (Phi) is 5.16. The number of carbonyl (C=O) groups excluding carboxylic acids is 1. The molecule has 0 aromatic carbocycles. The monoisotopic (exact) mass is 307 g/mol. The molecule has 2 N–H and O–H groups in total. The van der Waals surface area contributed by atoms with Gasteiger partial charge in [-0.1, -0.05) is 11.6 Å². The van der Waals surface area contributed by atoms with Gasteiger partial charge in [0.25, 0.3) is 0 Å². The molecule has 2 rings (SSSR count). The van der Waals surface area contributed by atoms with E-state index in [9.17, 15) is 4.79 Å². The van der Waals surface area contributed by atoms with Gasteiger partial charge in [0.1, 0.15) is 0 Å². The number of carbonyl (C=O) groups is 1. The van der Waals surface area contributed by atoms with Gasteiger partial charge < -0.3 is 10.6 Å². The van der Waals surface area contributed by atoms with Gasteiger partial charge in [0.2, 0.25) is 0 Å². The van der Waals surface area contributed by atoms with E-state index in [1.807, 2.05) is 24.6 Å². The second-order valence-corrected chi connectivity index (χ2v) is 5.08. The van der Waals surface area contributed by atoms with E-state index in [4.69, 9.17) is 11.6 Å². The molecule has 6 nitrogen and oxygen atoms in total. The number of amides is 2. The van der Waals surface area contributed by atoms with Gasteiger partial charge in [-0.15, -0.1) is 0 Å². The van der Waals surface area contributed by atoms with Gasteiger partial charge in [-0.05, 0) is 38.5 Å². The van der Waals surface area contributed by atoms with Crippen LogP contribution < -0.4 is 10.6 Å². The Hall–Kier alpha value is -2.08. The van der Waals surface area contributed by atoms with Crippen molar-refractivity contribution in [3.63, 3.8) is 0 Å². The molecule has 0 spiro atoms. The minimum Gasteiger partial charge on any atom is -0.338 e. The van der Waals surface area contributed by atoms with Gasteiger partial charge in [-0.3, -0.25) is 4.68 Å². The molecule has 0 radical (unpaired) electrons. The fourth-order valence-corrected chi connectivity index (χ4v) is 2.14. The summed E-state index contributed by atoms with van der Waals surface area (Å²) in [5.41, 5.74) is 2.62. The Morgan fingerprint density at radius 3 is 2.90 bits per heavy atom. The third kappa shape index (κ3) is 4.46. The van der Waals surface area contributed by atoms with Crippen molar-refractivity contribution >= 4 is 23.3 Å². The van der Waals surface area contributed by atoms with Gasteiger partial charge >= 0.3 is 6.03 Å². The number of halogens is 1. The van der Waals surface area contributed by atoms with E-state index >= 15 is 0 Å². The first-order chi connectivity index (χ1) is 10.1. The van der Waals surface area contributed by atoms with E-state index in [-0.39, 0.29) is 11.2 Å². The van der Waals surface area contributed by atoms with E-state index in [1.165, 1.54) is 0 Å². The lowest BCUT2D eigenvalue weighted by atomic mass is 10.4. The van der Waals surface area contributed by atoms with Crippen LogP contribution in [-0.4, -0.2) is 27.3 Å². The average molecular weight is 308 g/mol. The van der Waals surface area contributed by atoms with Gasteiger partial charge in [-0.2, -0.15) is 5.10 Å². The number of aromatic nitrogens is 3. The van der Waals surface area contributed by atoms with Crippen molar-refractivity contribution in [1.82, 2.24) is 20.1 Å². The number of nitrogens with zero attached hydrogens (tertiary/aromatic N) is 3. The van der Waals surface area contributed by atoms with Crippen molar-refractivity contribution < 1.29 is 4.79 Å². The minimum absolute atomic E-state index is 0.273. The second-order valence-electron chi connectivity index (χ2n) is 4.73. The van der Waals surface area contributed by atoms with E-state index in [0.29, 0.717) is 12.2 Å². The summed E-state index contributed by atoms with van der Waals surface area (Å²) in [6.45, 7) is 5.31. The summed E-state index contributed by atoms with van der Waals surface area (Å²) >= 11 is 5.86. The molecule has 2 heterocycles. The SMILES string of the molecule is Cc1cc(C)n(CCCNC(=O)Nc2cccnc2Cl)n1. The van der Waals surface area contributed by atoms with Crippen LogP contribution in [0.15, 0.2) is 24.4 Å². The van der Waals surface area contributed by atoms with E-state index in [2.05, 4.69) is 20.7 Å². The number of urea groups is 1. The van der Waals surface area contributed by atoms with Gasteiger partial charge in [0.15, 0.2) is 5.15 Å². The normalized spacial score (nSPS) is 10.4. The van der Waals surface area contributed by atoms with E-state index in [0.717, 1.165) is 24.4 Å². The zero-order chi connectivity index (χ0) is 15.2. The van der Waals surface area contributed by atoms with Crippen molar-refractivity contribution in [1.29, 1.82) is 0 Å². The highest BCUT2D eigenvalue weighted by atomic mass is 35.5. The van der Waals surface area contributed by atoms with Crippen molar-refractivity contribution in [2.24, 2.45) is 0 Å². The number of pyridine rings is 1. The minimum atomic E-state index is -0.293. The summed E-state index contributed by atoms with van der Waals surface area (Å²) in [5, 5.41) is 10.1. The number of anilines is 1. The molecular formula is C14H18ClN5O. The molecule has 21 heavy (non-hydrogen) atoms. The Labute approximate surface area is 128 Å². The average Bonchev–Trinajstić information content (AvgIpc) is 2.76.